The van der Waals surface area contributed by atoms with Crippen LogP contribution in [-0.2, 0) is 29.4 Å². The van der Waals surface area contributed by atoms with Crippen LogP contribution in [0.5, 0.6) is 5.75 Å². The molecule has 2 heterocycles. The fourth-order valence-electron chi connectivity index (χ4n) is 5.27. The van der Waals surface area contributed by atoms with E-state index in [1.807, 2.05) is 33.8 Å². The second-order valence-corrected chi connectivity index (χ2v) is 10.8. The molecule has 0 saturated heterocycles. The van der Waals surface area contributed by atoms with Crippen LogP contribution in [0.2, 0.25) is 0 Å². The molecule has 0 spiro atoms. The molecule has 1 aliphatic heterocycles. The Balaban J connectivity index is 1.68. The second-order valence-electron chi connectivity index (χ2n) is 10.8. The Hall–Kier alpha value is -4.21. The summed E-state index contributed by atoms with van der Waals surface area (Å²) in [4.78, 5) is 39.1. The lowest BCUT2D eigenvalue weighted by Gasteiger charge is -2.26. The predicted molar refractivity (Wildman–Crippen MR) is 157 cm³/mol. The number of pyridine rings is 1. The molecule has 3 aromatic rings. The summed E-state index contributed by atoms with van der Waals surface area (Å²) in [6.45, 7) is 8.01. The van der Waals surface area contributed by atoms with E-state index in [-0.39, 0.29) is 23.7 Å². The number of esters is 1. The average molecular weight is 582 g/mol. The van der Waals surface area contributed by atoms with Gasteiger partial charge in [-0.05, 0) is 74.9 Å². The van der Waals surface area contributed by atoms with Gasteiger partial charge < -0.3 is 24.7 Å². The Kier molecular flexibility index (Phi) is 9.33. The SMILES string of the molecule is CC[C@H](C)Nc1cc(F)c(C(=O)N[C@@H](Cc2ccc(-c3c(C)cc(C)n(C)c3=O)c3c2CCCO3)C(=O)OC)c(F)c1. The summed E-state index contributed by atoms with van der Waals surface area (Å²) in [5.74, 6) is -3.38. The van der Waals surface area contributed by atoms with Gasteiger partial charge in [-0.2, -0.15) is 0 Å². The summed E-state index contributed by atoms with van der Waals surface area (Å²) in [6.07, 6.45) is 2.08. The van der Waals surface area contributed by atoms with Crippen molar-refractivity contribution in [1.29, 1.82) is 0 Å². The van der Waals surface area contributed by atoms with Crippen LogP contribution in [0.4, 0.5) is 14.5 Å². The number of hydrogen-bond donors (Lipinski definition) is 2. The van der Waals surface area contributed by atoms with Gasteiger partial charge in [0.05, 0.1) is 19.3 Å². The average Bonchev–Trinajstić information content (AvgIpc) is 2.95. The normalized spacial score (nSPS) is 13.9. The minimum atomic E-state index is -1.23. The van der Waals surface area contributed by atoms with Crippen LogP contribution in [-0.4, -0.2) is 42.2 Å². The number of nitrogens with one attached hydrogen (secondary N) is 2. The van der Waals surface area contributed by atoms with Crippen LogP contribution in [0.3, 0.4) is 0 Å². The molecule has 0 unspecified atom stereocenters. The van der Waals surface area contributed by atoms with Gasteiger partial charge in [0.1, 0.15) is 29.0 Å². The van der Waals surface area contributed by atoms with E-state index in [9.17, 15) is 23.2 Å². The van der Waals surface area contributed by atoms with E-state index in [0.29, 0.717) is 35.5 Å². The molecule has 0 aliphatic carbocycles. The van der Waals surface area contributed by atoms with Gasteiger partial charge in [-0.15, -0.1) is 0 Å². The Bertz CT molecular complexity index is 1560. The number of carbonyl (C=O) groups is 2. The van der Waals surface area contributed by atoms with Gasteiger partial charge in [-0.1, -0.05) is 19.1 Å². The Morgan fingerprint density at radius 1 is 1.14 bits per heavy atom. The standard InChI is InChI=1S/C32H37F2N3O5/c1-7-18(3)35-21-15-24(33)28(25(34)16-21)30(38)36-26(32(40)41-6)14-20-10-11-23(29-22(20)9-8-12-42-29)27-17(2)13-19(4)37(5)31(27)39/h10-11,13,15-16,18,26,35H,7-9,12,14H2,1-6H3,(H,36,38)/t18-,26-/m0/s1. The molecule has 224 valence electrons. The number of aryl methyl sites for hydroxylation is 2. The maximum absolute atomic E-state index is 14.9. The number of hydrogen-bond acceptors (Lipinski definition) is 6. The van der Waals surface area contributed by atoms with E-state index in [0.717, 1.165) is 41.8 Å². The number of methoxy groups -OCH3 is 1. The molecule has 8 nitrogen and oxygen atoms in total. The van der Waals surface area contributed by atoms with Crippen molar-refractivity contribution in [2.75, 3.05) is 19.0 Å². The van der Waals surface area contributed by atoms with Crippen molar-refractivity contribution in [3.8, 4) is 16.9 Å². The molecule has 2 atom stereocenters. The van der Waals surface area contributed by atoms with E-state index in [1.165, 1.54) is 7.11 Å². The van der Waals surface area contributed by atoms with E-state index < -0.39 is 35.1 Å². The summed E-state index contributed by atoms with van der Waals surface area (Å²) in [7, 11) is 2.89. The number of anilines is 1. The minimum absolute atomic E-state index is 0.00777. The Morgan fingerprint density at radius 2 is 1.83 bits per heavy atom. The fourth-order valence-corrected chi connectivity index (χ4v) is 5.27. The van der Waals surface area contributed by atoms with E-state index >= 15 is 0 Å². The third-order valence-corrected chi connectivity index (χ3v) is 7.82. The zero-order valence-corrected chi connectivity index (χ0v) is 24.8. The number of benzene rings is 2. The maximum Gasteiger partial charge on any atom is 0.328 e. The van der Waals surface area contributed by atoms with Crippen molar-refractivity contribution in [3.63, 3.8) is 0 Å². The number of fused-ring (bicyclic) bond motifs is 1. The van der Waals surface area contributed by atoms with Crippen molar-refractivity contribution < 1.29 is 27.8 Å². The molecule has 0 bridgehead atoms. The fraction of sp³-hybridized carbons (Fsp3) is 0.406. The number of aromatic nitrogens is 1. The second kappa shape index (κ2) is 12.8. The monoisotopic (exact) mass is 581 g/mol. The summed E-state index contributed by atoms with van der Waals surface area (Å²) in [5.41, 5.74) is 3.61. The van der Waals surface area contributed by atoms with Gasteiger partial charge in [0.2, 0.25) is 0 Å². The zero-order valence-electron chi connectivity index (χ0n) is 24.8. The summed E-state index contributed by atoms with van der Waals surface area (Å²) < 4.78 is 42.4. The van der Waals surface area contributed by atoms with Gasteiger partial charge in [0, 0.05) is 36.5 Å². The van der Waals surface area contributed by atoms with Crippen molar-refractivity contribution in [3.05, 3.63) is 80.3 Å². The molecule has 4 rings (SSSR count). The van der Waals surface area contributed by atoms with E-state index in [4.69, 9.17) is 9.47 Å². The molecule has 1 aliphatic rings. The summed E-state index contributed by atoms with van der Waals surface area (Å²) >= 11 is 0. The first kappa shape index (κ1) is 30.7. The molecule has 2 N–H and O–H groups in total. The molecular formula is C32H37F2N3O5. The van der Waals surface area contributed by atoms with E-state index in [1.54, 1.807) is 23.7 Å². The predicted octanol–water partition coefficient (Wildman–Crippen LogP) is 5.00. The van der Waals surface area contributed by atoms with Gasteiger partial charge in [0.25, 0.3) is 11.5 Å². The summed E-state index contributed by atoms with van der Waals surface area (Å²) in [5, 5.41) is 5.44. The molecule has 1 amide bonds. The molecule has 0 fully saturated rings. The number of ether oxygens (including phenoxy) is 2. The number of amides is 1. The Labute approximate surface area is 244 Å². The van der Waals surface area contributed by atoms with Crippen molar-refractivity contribution in [2.24, 2.45) is 7.05 Å². The van der Waals surface area contributed by atoms with Crippen molar-refractivity contribution >= 4 is 17.6 Å². The highest BCUT2D eigenvalue weighted by molar-refractivity contribution is 5.97. The molecular weight excluding hydrogens is 544 g/mol. The molecule has 0 saturated carbocycles. The smallest absolute Gasteiger partial charge is 0.328 e. The van der Waals surface area contributed by atoms with Gasteiger partial charge >= 0.3 is 5.97 Å². The minimum Gasteiger partial charge on any atom is -0.493 e. The zero-order chi connectivity index (χ0) is 30.7. The summed E-state index contributed by atoms with van der Waals surface area (Å²) in [6, 6.07) is 6.37. The lowest BCUT2D eigenvalue weighted by molar-refractivity contribution is -0.142. The molecule has 1 aromatic heterocycles. The maximum atomic E-state index is 14.9. The first-order valence-electron chi connectivity index (χ1n) is 14.1. The van der Waals surface area contributed by atoms with Crippen LogP contribution in [0.25, 0.3) is 11.1 Å². The number of nitrogens with zero attached hydrogens (tertiary/aromatic N) is 1. The first-order chi connectivity index (χ1) is 20.0. The molecule has 10 heteroatoms. The highest BCUT2D eigenvalue weighted by Crippen LogP contribution is 2.39. The van der Waals surface area contributed by atoms with Crippen LogP contribution in [0, 0.1) is 25.5 Å². The third kappa shape index (κ3) is 6.17. The topological polar surface area (TPSA) is 98.7 Å². The van der Waals surface area contributed by atoms with Crippen molar-refractivity contribution in [1.82, 2.24) is 9.88 Å². The van der Waals surface area contributed by atoms with Crippen LogP contribution in [0.15, 0.2) is 35.1 Å². The number of rotatable bonds is 9. The highest BCUT2D eigenvalue weighted by Gasteiger charge is 2.29. The molecule has 42 heavy (non-hydrogen) atoms. The number of carbonyl (C=O) groups excluding carboxylic acids is 2. The van der Waals surface area contributed by atoms with Crippen LogP contribution in [0.1, 0.15) is 59.4 Å². The Morgan fingerprint density at radius 3 is 2.48 bits per heavy atom. The largest absolute Gasteiger partial charge is 0.493 e. The van der Waals surface area contributed by atoms with E-state index in [2.05, 4.69) is 10.6 Å². The molecule has 0 radical (unpaired) electrons. The van der Waals surface area contributed by atoms with Crippen LogP contribution >= 0.6 is 0 Å². The van der Waals surface area contributed by atoms with Gasteiger partial charge in [-0.3, -0.25) is 9.59 Å². The lowest BCUT2D eigenvalue weighted by Crippen LogP contribution is -2.43. The molecule has 2 aromatic carbocycles. The third-order valence-electron chi connectivity index (χ3n) is 7.82. The van der Waals surface area contributed by atoms with Crippen molar-refractivity contribution in [2.45, 2.75) is 65.5 Å². The lowest BCUT2D eigenvalue weighted by atomic mass is 9.89. The van der Waals surface area contributed by atoms with Crippen LogP contribution < -0.4 is 20.9 Å². The quantitative estimate of drug-likeness (QED) is 0.346. The van der Waals surface area contributed by atoms with Gasteiger partial charge in [-0.25, -0.2) is 13.6 Å². The van der Waals surface area contributed by atoms with Gasteiger partial charge in [0.15, 0.2) is 0 Å². The number of halogens is 2. The first-order valence-corrected chi connectivity index (χ1v) is 14.1. The highest BCUT2D eigenvalue weighted by atomic mass is 19.1.